The molecule has 1 saturated heterocycles. The summed E-state index contributed by atoms with van der Waals surface area (Å²) in [4.78, 5) is 1.62. The summed E-state index contributed by atoms with van der Waals surface area (Å²) >= 11 is 0. The number of hydrogen-bond acceptors (Lipinski definition) is 0. The molecule has 0 saturated carbocycles. The lowest BCUT2D eigenvalue weighted by atomic mass is 9.81. The highest BCUT2D eigenvalue weighted by Crippen LogP contribution is 2.32. The van der Waals surface area contributed by atoms with Gasteiger partial charge in [-0.3, -0.25) is 0 Å². The lowest BCUT2D eigenvalue weighted by Crippen LogP contribution is -2.20. The summed E-state index contributed by atoms with van der Waals surface area (Å²) in [5, 5.41) is 0. The minimum absolute atomic E-state index is 0.266. The molecule has 0 radical (unpaired) electrons. The summed E-state index contributed by atoms with van der Waals surface area (Å²) in [7, 11) is 0.536. The Kier molecular flexibility index (Phi) is 4.11. The van der Waals surface area contributed by atoms with Crippen LogP contribution in [0.5, 0.6) is 0 Å². The predicted octanol–water partition coefficient (Wildman–Crippen LogP) is 4.76. The second-order valence-corrected chi connectivity index (χ2v) is 8.92. The summed E-state index contributed by atoms with van der Waals surface area (Å²) in [5.41, 5.74) is 4.81. The smallest absolute Gasteiger partial charge is 0.0561 e. The van der Waals surface area contributed by atoms with Gasteiger partial charge in [0, 0.05) is 10.9 Å². The molecule has 0 unspecified atom stereocenters. The van der Waals surface area contributed by atoms with Crippen LogP contribution in [0.3, 0.4) is 0 Å². The van der Waals surface area contributed by atoms with E-state index in [1.807, 2.05) is 0 Å². The highest BCUT2D eigenvalue weighted by atomic mass is 32.2. The molecule has 0 aliphatic carbocycles. The van der Waals surface area contributed by atoms with Crippen molar-refractivity contribution in [1.82, 2.24) is 0 Å². The summed E-state index contributed by atoms with van der Waals surface area (Å²) < 4.78 is 0. The summed E-state index contributed by atoms with van der Waals surface area (Å²) in [5.74, 6) is 2.85. The summed E-state index contributed by atoms with van der Waals surface area (Å²) in [6.07, 6.45) is 4.31. The molecule has 1 aromatic rings. The van der Waals surface area contributed by atoms with Crippen LogP contribution in [0.1, 0.15) is 56.7 Å². The Morgan fingerprint density at radius 3 is 1.83 bits per heavy atom. The van der Waals surface area contributed by atoms with Gasteiger partial charge in [0.1, 0.15) is 11.5 Å². The first-order valence-corrected chi connectivity index (χ1v) is 8.75. The molecule has 1 aromatic carbocycles. The van der Waals surface area contributed by atoms with Gasteiger partial charge in [0.15, 0.2) is 4.90 Å². The van der Waals surface area contributed by atoms with Crippen LogP contribution >= 0.6 is 0 Å². The van der Waals surface area contributed by atoms with Gasteiger partial charge in [0.2, 0.25) is 0 Å². The van der Waals surface area contributed by atoms with E-state index in [1.165, 1.54) is 41.9 Å². The van der Waals surface area contributed by atoms with Crippen LogP contribution < -0.4 is 0 Å². The fourth-order valence-corrected chi connectivity index (χ4v) is 5.81. The van der Waals surface area contributed by atoms with Crippen molar-refractivity contribution in [3.8, 4) is 0 Å². The molecule has 1 heterocycles. The zero-order valence-corrected chi connectivity index (χ0v) is 13.4. The monoisotopic (exact) mass is 263 g/mol. The predicted molar refractivity (Wildman–Crippen MR) is 83.8 cm³/mol. The quantitative estimate of drug-likeness (QED) is 0.641. The van der Waals surface area contributed by atoms with Crippen molar-refractivity contribution in [3.63, 3.8) is 0 Å². The minimum atomic E-state index is 0.266. The van der Waals surface area contributed by atoms with Gasteiger partial charge >= 0.3 is 0 Å². The Hall–Kier alpha value is -0.430. The molecule has 0 atom stereocenters. The van der Waals surface area contributed by atoms with Crippen molar-refractivity contribution in [2.75, 3.05) is 11.5 Å². The molecule has 1 heteroatoms. The highest BCUT2D eigenvalue weighted by Gasteiger charge is 2.27. The second kappa shape index (κ2) is 5.28. The van der Waals surface area contributed by atoms with Crippen LogP contribution in [0.2, 0.25) is 0 Å². The van der Waals surface area contributed by atoms with E-state index in [0.29, 0.717) is 10.9 Å². The van der Waals surface area contributed by atoms with Gasteiger partial charge < -0.3 is 0 Å². The molecule has 18 heavy (non-hydrogen) atoms. The largest absolute Gasteiger partial charge is 0.155 e. The molecular formula is C17H27S+. The molecular weight excluding hydrogens is 236 g/mol. The summed E-state index contributed by atoms with van der Waals surface area (Å²) in [6.45, 7) is 11.6. The second-order valence-electron chi connectivity index (χ2n) is 6.64. The van der Waals surface area contributed by atoms with Crippen LogP contribution in [-0.4, -0.2) is 11.5 Å². The van der Waals surface area contributed by atoms with Crippen molar-refractivity contribution in [3.05, 3.63) is 28.8 Å². The summed E-state index contributed by atoms with van der Waals surface area (Å²) in [6, 6.07) is 4.95. The van der Waals surface area contributed by atoms with Gasteiger partial charge in [0.05, 0.1) is 0 Å². The first-order valence-electron chi connectivity index (χ1n) is 7.19. The average Bonchev–Trinajstić information content (AvgIpc) is 2.27. The lowest BCUT2D eigenvalue weighted by molar-refractivity contribution is 0.581. The van der Waals surface area contributed by atoms with Crippen LogP contribution in [0.15, 0.2) is 17.0 Å². The molecule has 1 aliphatic rings. The van der Waals surface area contributed by atoms with Crippen LogP contribution in [0.25, 0.3) is 0 Å². The molecule has 0 amide bonds. The third-order valence-corrected chi connectivity index (χ3v) is 6.34. The van der Waals surface area contributed by atoms with Gasteiger partial charge in [-0.05, 0) is 67.3 Å². The Balaban J connectivity index is 2.36. The Labute approximate surface area is 116 Å². The molecule has 0 nitrogen and oxygen atoms in total. The fourth-order valence-electron chi connectivity index (χ4n) is 3.34. The van der Waals surface area contributed by atoms with E-state index in [1.54, 1.807) is 10.5 Å². The van der Waals surface area contributed by atoms with Crippen molar-refractivity contribution in [2.24, 2.45) is 0 Å². The molecule has 0 bridgehead atoms. The van der Waals surface area contributed by atoms with E-state index < -0.39 is 0 Å². The molecule has 0 spiro atoms. The molecule has 2 rings (SSSR count). The maximum absolute atomic E-state index is 2.47. The van der Waals surface area contributed by atoms with Crippen molar-refractivity contribution in [2.45, 2.75) is 64.2 Å². The zero-order valence-electron chi connectivity index (χ0n) is 12.6. The maximum atomic E-state index is 2.47. The van der Waals surface area contributed by atoms with Crippen LogP contribution in [-0.2, 0) is 16.3 Å². The molecule has 1 fully saturated rings. The van der Waals surface area contributed by atoms with Crippen LogP contribution in [0, 0.1) is 13.8 Å². The molecule has 100 valence electrons. The van der Waals surface area contributed by atoms with Crippen molar-refractivity contribution >= 4 is 10.9 Å². The first kappa shape index (κ1) is 14.0. The topological polar surface area (TPSA) is 0 Å². The fraction of sp³-hybridized carbons (Fsp3) is 0.647. The highest BCUT2D eigenvalue weighted by molar-refractivity contribution is 7.96. The minimum Gasteiger partial charge on any atom is -0.0561 e. The maximum Gasteiger partial charge on any atom is 0.155 e. The Morgan fingerprint density at radius 1 is 0.889 bits per heavy atom. The Bertz CT molecular complexity index is 397. The molecule has 0 aromatic heterocycles. The van der Waals surface area contributed by atoms with Crippen LogP contribution in [0.4, 0.5) is 0 Å². The van der Waals surface area contributed by atoms with E-state index in [-0.39, 0.29) is 5.41 Å². The third kappa shape index (κ3) is 2.93. The van der Waals surface area contributed by atoms with E-state index >= 15 is 0 Å². The lowest BCUT2D eigenvalue weighted by Gasteiger charge is -2.25. The van der Waals surface area contributed by atoms with Gasteiger partial charge in [-0.2, -0.15) is 0 Å². The average molecular weight is 263 g/mol. The Morgan fingerprint density at radius 2 is 1.39 bits per heavy atom. The molecule has 0 N–H and O–H groups in total. The van der Waals surface area contributed by atoms with E-state index in [4.69, 9.17) is 0 Å². The molecule has 1 aliphatic heterocycles. The number of hydrogen-bond donors (Lipinski definition) is 0. The third-order valence-electron chi connectivity index (χ3n) is 3.87. The van der Waals surface area contributed by atoms with Crippen molar-refractivity contribution in [1.29, 1.82) is 0 Å². The van der Waals surface area contributed by atoms with Crippen molar-refractivity contribution < 1.29 is 0 Å². The van der Waals surface area contributed by atoms with E-state index in [0.717, 1.165) is 0 Å². The van der Waals surface area contributed by atoms with Gasteiger partial charge in [-0.1, -0.05) is 20.8 Å². The van der Waals surface area contributed by atoms with Gasteiger partial charge in [0.25, 0.3) is 0 Å². The van der Waals surface area contributed by atoms with Gasteiger partial charge in [-0.15, -0.1) is 0 Å². The SMILES string of the molecule is Cc1cc([S+]2CCCCC2)cc(C)c1C(C)(C)C. The first-order chi connectivity index (χ1) is 8.39. The van der Waals surface area contributed by atoms with E-state index in [9.17, 15) is 0 Å². The number of aryl methyl sites for hydroxylation is 2. The normalized spacial score (nSPS) is 18.1. The number of benzene rings is 1. The standard InChI is InChI=1S/C17H27S/c1-13-11-15(18-9-7-6-8-10-18)12-14(2)16(13)17(3,4)5/h11-12H,6-10H2,1-5H3/q+1. The van der Waals surface area contributed by atoms with Gasteiger partial charge in [-0.25, -0.2) is 0 Å². The van der Waals surface area contributed by atoms with E-state index in [2.05, 4.69) is 46.8 Å². The number of rotatable bonds is 1. The zero-order chi connectivity index (χ0) is 13.3.